The summed E-state index contributed by atoms with van der Waals surface area (Å²) in [5.41, 5.74) is 0.655. The van der Waals surface area contributed by atoms with Gasteiger partial charge < -0.3 is 20.4 Å². The minimum absolute atomic E-state index is 0.0915. The molecule has 7 nitrogen and oxygen atoms in total. The molecule has 2 aromatic rings. The maximum absolute atomic E-state index is 13.7. The third kappa shape index (κ3) is 3.00. The average molecular weight is 462 g/mol. The molecular formula is C27H26O7. The molecule has 1 fully saturated rings. The Morgan fingerprint density at radius 1 is 1.03 bits per heavy atom. The summed E-state index contributed by atoms with van der Waals surface area (Å²) in [6, 6.07) is 11.0. The van der Waals surface area contributed by atoms with Gasteiger partial charge in [0.15, 0.2) is 17.2 Å². The highest BCUT2D eigenvalue weighted by Crippen LogP contribution is 2.53. The van der Waals surface area contributed by atoms with E-state index in [9.17, 15) is 34.8 Å². The Morgan fingerprint density at radius 3 is 2.35 bits per heavy atom. The third-order valence-corrected chi connectivity index (χ3v) is 7.85. The molecule has 0 amide bonds. The summed E-state index contributed by atoms with van der Waals surface area (Å²) in [6.45, 7) is 3.08. The molecule has 4 N–H and O–H groups in total. The molecule has 34 heavy (non-hydrogen) atoms. The predicted molar refractivity (Wildman–Crippen MR) is 122 cm³/mol. The van der Waals surface area contributed by atoms with Crippen molar-refractivity contribution < 1.29 is 34.8 Å². The summed E-state index contributed by atoms with van der Waals surface area (Å²) in [7, 11) is 0. The molecule has 0 aromatic heterocycles. The highest BCUT2D eigenvalue weighted by atomic mass is 16.4. The van der Waals surface area contributed by atoms with Crippen LogP contribution in [0.3, 0.4) is 0 Å². The van der Waals surface area contributed by atoms with Gasteiger partial charge in [0.05, 0.1) is 11.5 Å². The molecule has 1 saturated carbocycles. The number of ketones is 3. The molecule has 2 aromatic carbocycles. The molecular weight excluding hydrogens is 436 g/mol. The number of aliphatic hydroxyl groups is 3. The maximum Gasteiger partial charge on any atom is 0.204 e. The van der Waals surface area contributed by atoms with Crippen LogP contribution in [0.5, 0.6) is 5.75 Å². The standard InChI is InChI=1S/C27H26O7/c1-12-3-5-14(6-4-12)17-7-8-19(29)23-18(17)10-15-9-16-11-20(30)21(13(2)28)25(32)27(16,34)26(33)22(15)24(23)31/h3-8,15-16,22,26,29-30,33-34H,9-11H2,1-2H3/t15-,16+,22?,26?,27-/m1/s1. The fourth-order valence-electron chi connectivity index (χ4n) is 6.18. The van der Waals surface area contributed by atoms with Crippen LogP contribution in [0.4, 0.5) is 0 Å². The highest BCUT2D eigenvalue weighted by molar-refractivity contribution is 6.23. The molecule has 2 unspecified atom stereocenters. The third-order valence-electron chi connectivity index (χ3n) is 7.85. The van der Waals surface area contributed by atoms with Crippen LogP contribution in [0, 0.1) is 24.7 Å². The lowest BCUT2D eigenvalue weighted by Crippen LogP contribution is -2.66. The number of carbonyl (C=O) groups excluding carboxylic acids is 3. The van der Waals surface area contributed by atoms with Gasteiger partial charge in [-0.05, 0) is 55.4 Å². The van der Waals surface area contributed by atoms with Crippen LogP contribution >= 0.6 is 0 Å². The lowest BCUT2D eigenvalue weighted by atomic mass is 9.54. The second kappa shape index (κ2) is 7.61. The number of hydrogen-bond acceptors (Lipinski definition) is 7. The molecule has 7 heteroatoms. The Bertz CT molecular complexity index is 1270. The zero-order valence-electron chi connectivity index (χ0n) is 18.9. The lowest BCUT2D eigenvalue weighted by molar-refractivity contribution is -0.182. The molecule has 0 spiro atoms. The Kier molecular flexibility index (Phi) is 5.04. The van der Waals surface area contributed by atoms with Crippen LogP contribution in [0.1, 0.15) is 41.3 Å². The van der Waals surface area contributed by atoms with Gasteiger partial charge >= 0.3 is 0 Å². The number of phenolic OH excluding ortho intramolecular Hbond substituents is 1. The van der Waals surface area contributed by atoms with Gasteiger partial charge in [-0.25, -0.2) is 0 Å². The van der Waals surface area contributed by atoms with Crippen molar-refractivity contribution in [1.82, 2.24) is 0 Å². The molecule has 0 radical (unpaired) electrons. The molecule has 5 rings (SSSR count). The van der Waals surface area contributed by atoms with E-state index in [1.54, 1.807) is 6.07 Å². The minimum atomic E-state index is -2.36. The summed E-state index contributed by atoms with van der Waals surface area (Å²) >= 11 is 0. The van der Waals surface area contributed by atoms with E-state index < -0.39 is 58.1 Å². The van der Waals surface area contributed by atoms with Crippen LogP contribution < -0.4 is 0 Å². The van der Waals surface area contributed by atoms with Crippen molar-refractivity contribution in [3.05, 3.63) is 64.4 Å². The Balaban J connectivity index is 1.62. The van der Waals surface area contributed by atoms with Gasteiger partial charge in [-0.15, -0.1) is 0 Å². The first kappa shape index (κ1) is 22.5. The summed E-state index contributed by atoms with van der Waals surface area (Å²) in [4.78, 5) is 38.7. The molecule has 176 valence electrons. The summed E-state index contributed by atoms with van der Waals surface area (Å²) in [5.74, 6) is -5.26. The molecule has 3 aliphatic rings. The number of benzene rings is 2. The SMILES string of the molecule is CC(=O)C1=C(O)C[C@@H]2C[C@@H]3Cc4c(-c5ccc(C)cc5)ccc(O)c4C(=O)C3C(O)[C@]2(O)C1=O. The van der Waals surface area contributed by atoms with E-state index >= 15 is 0 Å². The number of aromatic hydroxyl groups is 1. The van der Waals surface area contributed by atoms with Crippen molar-refractivity contribution in [2.75, 3.05) is 0 Å². The molecule has 0 bridgehead atoms. The first-order valence-corrected chi connectivity index (χ1v) is 11.4. The van der Waals surface area contributed by atoms with E-state index in [-0.39, 0.29) is 24.2 Å². The second-order valence-electron chi connectivity index (χ2n) is 9.82. The van der Waals surface area contributed by atoms with Gasteiger partial charge in [0, 0.05) is 12.3 Å². The predicted octanol–water partition coefficient (Wildman–Crippen LogP) is 2.82. The Labute approximate surface area is 196 Å². The highest BCUT2D eigenvalue weighted by Gasteiger charge is 2.63. The van der Waals surface area contributed by atoms with Crippen LogP contribution in [-0.2, 0) is 16.0 Å². The van der Waals surface area contributed by atoms with Crippen molar-refractivity contribution in [3.63, 3.8) is 0 Å². The second-order valence-corrected chi connectivity index (χ2v) is 9.82. The van der Waals surface area contributed by atoms with Gasteiger partial charge in [-0.2, -0.15) is 0 Å². The number of fused-ring (bicyclic) bond motifs is 3. The number of aliphatic hydroxyl groups excluding tert-OH is 2. The largest absolute Gasteiger partial charge is 0.511 e. The van der Waals surface area contributed by atoms with Gasteiger partial charge in [0.1, 0.15) is 23.2 Å². The van der Waals surface area contributed by atoms with Crippen LogP contribution in [-0.4, -0.2) is 49.5 Å². The van der Waals surface area contributed by atoms with Crippen molar-refractivity contribution in [3.8, 4) is 16.9 Å². The Morgan fingerprint density at radius 2 is 1.71 bits per heavy atom. The maximum atomic E-state index is 13.7. The molecule has 3 aliphatic carbocycles. The topological polar surface area (TPSA) is 132 Å². The van der Waals surface area contributed by atoms with Gasteiger partial charge in [0.25, 0.3) is 0 Å². The number of Topliss-reactive ketones (excluding diaryl/α,β-unsaturated/α-hetero) is 3. The Hall–Kier alpha value is -3.29. The lowest BCUT2D eigenvalue weighted by Gasteiger charge is -2.52. The van der Waals surface area contributed by atoms with E-state index in [2.05, 4.69) is 0 Å². The molecule has 0 saturated heterocycles. The number of aryl methyl sites for hydroxylation is 1. The van der Waals surface area contributed by atoms with Crippen LogP contribution in [0.2, 0.25) is 0 Å². The van der Waals surface area contributed by atoms with E-state index in [4.69, 9.17) is 0 Å². The molecule has 0 heterocycles. The zero-order chi connectivity index (χ0) is 24.5. The monoisotopic (exact) mass is 462 g/mol. The summed E-state index contributed by atoms with van der Waals surface area (Å²) in [5, 5.41) is 43.6. The minimum Gasteiger partial charge on any atom is -0.511 e. The van der Waals surface area contributed by atoms with E-state index in [1.165, 1.54) is 6.07 Å². The first-order valence-electron chi connectivity index (χ1n) is 11.4. The molecule has 0 aliphatic heterocycles. The van der Waals surface area contributed by atoms with Crippen LogP contribution in [0.25, 0.3) is 11.1 Å². The fraction of sp³-hybridized carbons (Fsp3) is 0.370. The van der Waals surface area contributed by atoms with Crippen molar-refractivity contribution in [1.29, 1.82) is 0 Å². The first-order chi connectivity index (χ1) is 16.1. The number of allylic oxidation sites excluding steroid dienone is 1. The van der Waals surface area contributed by atoms with Crippen LogP contribution in [0.15, 0.2) is 47.7 Å². The fourth-order valence-corrected chi connectivity index (χ4v) is 6.18. The average Bonchev–Trinajstić information content (AvgIpc) is 2.77. The van der Waals surface area contributed by atoms with Gasteiger partial charge in [-0.3, -0.25) is 14.4 Å². The number of carbonyl (C=O) groups is 3. The molecule has 5 atom stereocenters. The number of hydrogen-bond donors (Lipinski definition) is 4. The van der Waals surface area contributed by atoms with E-state index in [0.717, 1.165) is 23.6 Å². The number of phenols is 1. The van der Waals surface area contributed by atoms with E-state index in [1.807, 2.05) is 31.2 Å². The van der Waals surface area contributed by atoms with Gasteiger partial charge in [-0.1, -0.05) is 35.9 Å². The zero-order valence-corrected chi connectivity index (χ0v) is 18.9. The van der Waals surface area contributed by atoms with Crippen molar-refractivity contribution in [2.24, 2.45) is 17.8 Å². The summed E-state index contributed by atoms with van der Waals surface area (Å²) < 4.78 is 0. The summed E-state index contributed by atoms with van der Waals surface area (Å²) in [6.07, 6.45) is -1.35. The number of rotatable bonds is 2. The van der Waals surface area contributed by atoms with Gasteiger partial charge in [0.2, 0.25) is 5.78 Å². The van der Waals surface area contributed by atoms with Crippen molar-refractivity contribution >= 4 is 17.3 Å². The quantitative estimate of drug-likeness (QED) is 0.505. The van der Waals surface area contributed by atoms with Crippen molar-refractivity contribution in [2.45, 2.75) is 44.8 Å². The normalized spacial score (nSPS) is 30.5. The van der Waals surface area contributed by atoms with E-state index in [0.29, 0.717) is 12.0 Å². The smallest absolute Gasteiger partial charge is 0.204 e.